The lowest BCUT2D eigenvalue weighted by Gasteiger charge is -2.39. The number of ether oxygens (including phenoxy) is 2. The highest BCUT2D eigenvalue weighted by Gasteiger charge is 2.39. The highest BCUT2D eigenvalue weighted by Crippen LogP contribution is 2.35. The average molecular weight is 437 g/mol. The molecule has 4 atom stereocenters. The van der Waals surface area contributed by atoms with Gasteiger partial charge in [-0.05, 0) is 49.6 Å². The molecule has 0 bridgehead atoms. The monoisotopic (exact) mass is 436 g/mol. The summed E-state index contributed by atoms with van der Waals surface area (Å²) in [6, 6.07) is 10.9. The number of carbonyl (C=O) groups excluding carboxylic acids is 2. The van der Waals surface area contributed by atoms with Crippen LogP contribution in [0.25, 0.3) is 0 Å². The zero-order chi connectivity index (χ0) is 22.1. The van der Waals surface area contributed by atoms with Crippen molar-refractivity contribution < 1.29 is 19.1 Å². The van der Waals surface area contributed by atoms with Crippen molar-refractivity contribution in [2.45, 2.75) is 43.9 Å². The number of hydrogen-bond acceptors (Lipinski definition) is 7. The minimum atomic E-state index is -0.289. The van der Waals surface area contributed by atoms with Crippen LogP contribution >= 0.6 is 0 Å². The molecule has 0 aliphatic carbocycles. The van der Waals surface area contributed by atoms with Crippen LogP contribution < -0.4 is 20.3 Å². The van der Waals surface area contributed by atoms with Gasteiger partial charge in [0.15, 0.2) is 5.78 Å². The van der Waals surface area contributed by atoms with Crippen LogP contribution in [0.4, 0.5) is 0 Å². The zero-order valence-electron chi connectivity index (χ0n) is 18.1. The van der Waals surface area contributed by atoms with Crippen LogP contribution in [0.1, 0.15) is 47.8 Å². The zero-order valence-corrected chi connectivity index (χ0v) is 18.1. The quantitative estimate of drug-likeness (QED) is 0.760. The van der Waals surface area contributed by atoms with Gasteiger partial charge in [0.05, 0.1) is 24.4 Å². The second-order valence-electron chi connectivity index (χ2n) is 8.72. The maximum atomic E-state index is 13.2. The molecule has 5 rings (SSSR count). The number of likely N-dealkylation sites (tertiary alicyclic amines) is 1. The highest BCUT2D eigenvalue weighted by molar-refractivity contribution is 6.00. The fourth-order valence-electron chi connectivity index (χ4n) is 4.95. The predicted molar refractivity (Wildman–Crippen MR) is 117 cm³/mol. The van der Waals surface area contributed by atoms with Gasteiger partial charge in [0, 0.05) is 31.6 Å². The number of benzene rings is 1. The number of hydrazine groups is 1. The predicted octanol–water partition coefficient (Wildman–Crippen LogP) is 2.27. The number of amides is 1. The Bertz CT molecular complexity index is 999. The molecule has 2 fully saturated rings. The first-order valence-corrected chi connectivity index (χ1v) is 11.2. The van der Waals surface area contributed by atoms with Crippen LogP contribution in [0.2, 0.25) is 0 Å². The van der Waals surface area contributed by atoms with Crippen LogP contribution in [-0.4, -0.2) is 53.9 Å². The Morgan fingerprint density at radius 1 is 1.25 bits per heavy atom. The summed E-state index contributed by atoms with van der Waals surface area (Å²) in [5.41, 5.74) is 7.86. The maximum Gasteiger partial charge on any atom is 0.241 e. The standard InChI is InChI=1S/C24H28N4O4/c1-31-16-7-8-22-17(11-16)21(29)13-23(32-22)15-5-4-10-28(14-15)24(30)20-12-19(26-27-20)18-6-2-3-9-25-18/h2-3,6-9,11,15,19-20,23,26-27H,4-5,10,12-14H2,1H3. The van der Waals surface area contributed by atoms with Gasteiger partial charge in [-0.25, -0.2) is 10.9 Å². The van der Waals surface area contributed by atoms with Gasteiger partial charge >= 0.3 is 0 Å². The number of Topliss-reactive ketones (excluding diaryl/α,β-unsaturated/α-hetero) is 1. The Morgan fingerprint density at radius 2 is 2.16 bits per heavy atom. The Hall–Kier alpha value is -2.97. The van der Waals surface area contributed by atoms with Crippen molar-refractivity contribution in [1.82, 2.24) is 20.7 Å². The first-order valence-electron chi connectivity index (χ1n) is 11.2. The number of pyridine rings is 1. The number of nitrogens with zero attached hydrogens (tertiary/aromatic N) is 2. The molecule has 8 heteroatoms. The molecule has 168 valence electrons. The molecule has 2 N–H and O–H groups in total. The van der Waals surface area contributed by atoms with Crippen molar-refractivity contribution in [2.24, 2.45) is 5.92 Å². The smallest absolute Gasteiger partial charge is 0.241 e. The normalized spacial score (nSPS) is 27.5. The Labute approximate surface area is 187 Å². The van der Waals surface area contributed by atoms with Gasteiger partial charge in [0.2, 0.25) is 5.91 Å². The molecule has 8 nitrogen and oxygen atoms in total. The molecule has 1 aromatic heterocycles. The maximum absolute atomic E-state index is 13.2. The lowest BCUT2D eigenvalue weighted by atomic mass is 9.86. The molecule has 1 aromatic carbocycles. The number of fused-ring (bicyclic) bond motifs is 1. The third-order valence-corrected chi connectivity index (χ3v) is 6.69. The SMILES string of the molecule is COc1ccc2c(c1)C(=O)CC(C1CCCN(C(=O)C3CC(c4ccccn4)NN3)C1)O2. The molecular formula is C24H28N4O4. The van der Waals surface area contributed by atoms with Gasteiger partial charge < -0.3 is 14.4 Å². The van der Waals surface area contributed by atoms with Gasteiger partial charge in [-0.15, -0.1) is 0 Å². The Kier molecular flexibility index (Phi) is 5.80. The van der Waals surface area contributed by atoms with E-state index in [-0.39, 0.29) is 35.8 Å². The summed E-state index contributed by atoms with van der Waals surface area (Å²) in [6.07, 6.45) is 4.39. The van der Waals surface area contributed by atoms with Crippen molar-refractivity contribution >= 4 is 11.7 Å². The van der Waals surface area contributed by atoms with E-state index in [1.165, 1.54) is 0 Å². The van der Waals surface area contributed by atoms with Gasteiger partial charge in [0.25, 0.3) is 0 Å². The molecule has 1 amide bonds. The van der Waals surface area contributed by atoms with Crippen LogP contribution in [-0.2, 0) is 4.79 Å². The van der Waals surface area contributed by atoms with Crippen LogP contribution in [0.3, 0.4) is 0 Å². The number of aromatic nitrogens is 1. The second kappa shape index (κ2) is 8.88. The summed E-state index contributed by atoms with van der Waals surface area (Å²) in [5.74, 6) is 1.55. The number of hydrogen-bond donors (Lipinski definition) is 2. The summed E-state index contributed by atoms with van der Waals surface area (Å²) in [5, 5.41) is 0. The molecule has 4 heterocycles. The van der Waals surface area contributed by atoms with E-state index in [1.807, 2.05) is 29.2 Å². The van der Waals surface area contributed by atoms with E-state index in [1.54, 1.807) is 25.4 Å². The van der Waals surface area contributed by atoms with E-state index >= 15 is 0 Å². The Balaban J connectivity index is 1.23. The first-order chi connectivity index (χ1) is 15.6. The number of carbonyl (C=O) groups is 2. The molecule has 4 unspecified atom stereocenters. The third-order valence-electron chi connectivity index (χ3n) is 6.69. The van der Waals surface area contributed by atoms with E-state index in [9.17, 15) is 9.59 Å². The van der Waals surface area contributed by atoms with Crippen molar-refractivity contribution in [1.29, 1.82) is 0 Å². The fourth-order valence-corrected chi connectivity index (χ4v) is 4.95. The summed E-state index contributed by atoms with van der Waals surface area (Å²) >= 11 is 0. The minimum absolute atomic E-state index is 0.0125. The van der Waals surface area contributed by atoms with Gasteiger partial charge in [-0.2, -0.15) is 0 Å². The first kappa shape index (κ1) is 20.9. The number of ketones is 1. The molecule has 3 aliphatic rings. The van der Waals surface area contributed by atoms with Crippen molar-refractivity contribution in [2.75, 3.05) is 20.2 Å². The molecule has 0 radical (unpaired) electrons. The topological polar surface area (TPSA) is 92.8 Å². The third kappa shape index (κ3) is 4.08. The highest BCUT2D eigenvalue weighted by atomic mass is 16.5. The lowest BCUT2D eigenvalue weighted by molar-refractivity contribution is -0.135. The average Bonchev–Trinajstić information content (AvgIpc) is 3.34. The molecule has 2 aromatic rings. The minimum Gasteiger partial charge on any atom is -0.497 e. The van der Waals surface area contributed by atoms with Crippen molar-refractivity contribution in [3.05, 3.63) is 53.9 Å². The molecular weight excluding hydrogens is 408 g/mol. The molecule has 0 saturated carbocycles. The number of rotatable bonds is 4. The van der Waals surface area contributed by atoms with Crippen LogP contribution in [0, 0.1) is 5.92 Å². The largest absolute Gasteiger partial charge is 0.497 e. The fraction of sp³-hybridized carbons (Fsp3) is 0.458. The van der Waals surface area contributed by atoms with Crippen molar-refractivity contribution in [3.63, 3.8) is 0 Å². The van der Waals surface area contributed by atoms with Crippen LogP contribution in [0.5, 0.6) is 11.5 Å². The van der Waals surface area contributed by atoms with E-state index in [0.29, 0.717) is 36.4 Å². The molecule has 3 aliphatic heterocycles. The van der Waals surface area contributed by atoms with Gasteiger partial charge in [-0.1, -0.05) is 6.07 Å². The lowest BCUT2D eigenvalue weighted by Crippen LogP contribution is -2.51. The van der Waals surface area contributed by atoms with E-state index in [4.69, 9.17) is 9.47 Å². The molecule has 32 heavy (non-hydrogen) atoms. The van der Waals surface area contributed by atoms with E-state index in [0.717, 1.165) is 25.1 Å². The van der Waals surface area contributed by atoms with E-state index < -0.39 is 0 Å². The summed E-state index contributed by atoms with van der Waals surface area (Å²) < 4.78 is 11.4. The summed E-state index contributed by atoms with van der Waals surface area (Å²) in [4.78, 5) is 32.3. The van der Waals surface area contributed by atoms with Crippen molar-refractivity contribution in [3.8, 4) is 11.5 Å². The van der Waals surface area contributed by atoms with E-state index in [2.05, 4.69) is 15.8 Å². The molecule has 2 saturated heterocycles. The second-order valence-corrected chi connectivity index (χ2v) is 8.72. The van der Waals surface area contributed by atoms with Gasteiger partial charge in [-0.3, -0.25) is 14.6 Å². The molecule has 0 spiro atoms. The number of methoxy groups -OCH3 is 1. The summed E-state index contributed by atoms with van der Waals surface area (Å²) in [7, 11) is 1.58. The van der Waals surface area contributed by atoms with Crippen LogP contribution in [0.15, 0.2) is 42.6 Å². The number of nitrogens with one attached hydrogen (secondary N) is 2. The number of piperidine rings is 1. The summed E-state index contributed by atoms with van der Waals surface area (Å²) in [6.45, 7) is 1.34. The Morgan fingerprint density at radius 3 is 2.97 bits per heavy atom. The van der Waals surface area contributed by atoms with Gasteiger partial charge in [0.1, 0.15) is 23.6 Å².